The minimum atomic E-state index is -0.839. The van der Waals surface area contributed by atoms with Gasteiger partial charge in [-0.15, -0.1) is 0 Å². The molecule has 0 aliphatic carbocycles. The third-order valence-corrected chi connectivity index (χ3v) is 3.84. The average molecular weight is 302 g/mol. The van der Waals surface area contributed by atoms with Crippen LogP contribution in [0.5, 0.6) is 23.0 Å². The summed E-state index contributed by atoms with van der Waals surface area (Å²) in [5.41, 5.74) is 1.29. The molecule has 2 atom stereocenters. The van der Waals surface area contributed by atoms with Gasteiger partial charge in [-0.2, -0.15) is 0 Å². The molecule has 22 heavy (non-hydrogen) atoms. The maximum absolute atomic E-state index is 10.4. The van der Waals surface area contributed by atoms with Crippen molar-refractivity contribution < 1.29 is 24.4 Å². The Morgan fingerprint density at radius 1 is 1.14 bits per heavy atom. The van der Waals surface area contributed by atoms with Gasteiger partial charge in [0.1, 0.15) is 11.9 Å². The Bertz CT molecular complexity index is 668. The van der Waals surface area contributed by atoms with Crippen LogP contribution in [-0.2, 0) is 0 Å². The van der Waals surface area contributed by atoms with Gasteiger partial charge in [-0.25, -0.2) is 0 Å². The maximum atomic E-state index is 10.4. The third-order valence-electron chi connectivity index (χ3n) is 3.84. The van der Waals surface area contributed by atoms with E-state index in [1.54, 1.807) is 0 Å². The molecule has 0 spiro atoms. The first-order chi connectivity index (χ1) is 10.7. The van der Waals surface area contributed by atoms with Gasteiger partial charge in [0.15, 0.2) is 11.5 Å². The van der Waals surface area contributed by atoms with Gasteiger partial charge >= 0.3 is 0 Å². The van der Waals surface area contributed by atoms with Crippen molar-refractivity contribution in [2.45, 2.75) is 18.6 Å². The number of phenolic OH excluding ortho intramolecular Hbond substituents is 1. The van der Waals surface area contributed by atoms with Crippen molar-refractivity contribution in [3.8, 4) is 23.0 Å². The van der Waals surface area contributed by atoms with Crippen LogP contribution >= 0.6 is 0 Å². The van der Waals surface area contributed by atoms with Gasteiger partial charge in [-0.05, 0) is 5.56 Å². The SMILES string of the molecule is COc1cc(O)c2c(c1OC)O[C@H](c1ccccc1)C[C@H]2O. The highest BCUT2D eigenvalue weighted by atomic mass is 16.5. The number of phenols is 1. The lowest BCUT2D eigenvalue weighted by atomic mass is 9.94. The fourth-order valence-electron chi connectivity index (χ4n) is 2.78. The Morgan fingerprint density at radius 2 is 1.86 bits per heavy atom. The van der Waals surface area contributed by atoms with Gasteiger partial charge in [0, 0.05) is 12.5 Å². The lowest BCUT2D eigenvalue weighted by molar-refractivity contribution is 0.0602. The highest BCUT2D eigenvalue weighted by Gasteiger charge is 2.34. The number of benzene rings is 2. The Kier molecular flexibility index (Phi) is 3.81. The van der Waals surface area contributed by atoms with E-state index in [2.05, 4.69) is 0 Å². The third kappa shape index (κ3) is 2.33. The van der Waals surface area contributed by atoms with Crippen LogP contribution in [0.4, 0.5) is 0 Å². The molecule has 3 rings (SSSR count). The summed E-state index contributed by atoms with van der Waals surface area (Å²) >= 11 is 0. The summed E-state index contributed by atoms with van der Waals surface area (Å²) < 4.78 is 16.6. The fourth-order valence-corrected chi connectivity index (χ4v) is 2.78. The lowest BCUT2D eigenvalue weighted by Gasteiger charge is -2.31. The van der Waals surface area contributed by atoms with Crippen molar-refractivity contribution in [2.75, 3.05) is 14.2 Å². The second kappa shape index (κ2) is 5.77. The van der Waals surface area contributed by atoms with Crippen LogP contribution in [0.1, 0.15) is 29.8 Å². The highest BCUT2D eigenvalue weighted by molar-refractivity contribution is 5.63. The Hall–Kier alpha value is -2.40. The zero-order chi connectivity index (χ0) is 15.7. The molecular weight excluding hydrogens is 284 g/mol. The number of ether oxygens (including phenoxy) is 3. The minimum Gasteiger partial charge on any atom is -0.507 e. The number of aliphatic hydroxyl groups excluding tert-OH is 1. The molecule has 116 valence electrons. The Labute approximate surface area is 128 Å². The first-order valence-electron chi connectivity index (χ1n) is 7.03. The topological polar surface area (TPSA) is 68.2 Å². The van der Waals surface area contributed by atoms with Gasteiger partial charge in [0.25, 0.3) is 0 Å². The van der Waals surface area contributed by atoms with Gasteiger partial charge in [-0.3, -0.25) is 0 Å². The summed E-state index contributed by atoms with van der Waals surface area (Å²) in [5.74, 6) is 0.994. The van der Waals surface area contributed by atoms with E-state index < -0.39 is 6.10 Å². The number of methoxy groups -OCH3 is 2. The number of rotatable bonds is 3. The van der Waals surface area contributed by atoms with E-state index in [1.165, 1.54) is 20.3 Å². The first-order valence-corrected chi connectivity index (χ1v) is 7.03. The standard InChI is InChI=1S/C17H18O5/c1-20-14-9-12(19)15-11(18)8-13(10-6-4-3-5-7-10)22-17(15)16(14)21-2/h3-7,9,11,13,18-19H,8H2,1-2H3/t11-,13+/m1/s1. The predicted molar refractivity (Wildman–Crippen MR) is 80.6 cm³/mol. The van der Waals surface area contributed by atoms with E-state index in [1.807, 2.05) is 30.3 Å². The summed E-state index contributed by atoms with van der Waals surface area (Å²) in [4.78, 5) is 0. The molecule has 2 aromatic rings. The van der Waals surface area contributed by atoms with Crippen molar-refractivity contribution in [1.29, 1.82) is 0 Å². The largest absolute Gasteiger partial charge is 0.507 e. The maximum Gasteiger partial charge on any atom is 0.204 e. The van der Waals surface area contributed by atoms with E-state index in [-0.39, 0.29) is 11.9 Å². The van der Waals surface area contributed by atoms with Crippen LogP contribution in [0, 0.1) is 0 Å². The van der Waals surface area contributed by atoms with Crippen molar-refractivity contribution in [2.24, 2.45) is 0 Å². The first kappa shape index (κ1) is 14.5. The molecule has 1 heterocycles. The van der Waals surface area contributed by atoms with Crippen molar-refractivity contribution in [1.82, 2.24) is 0 Å². The molecule has 1 aliphatic rings. The summed E-state index contributed by atoms with van der Waals surface area (Å²) in [6, 6.07) is 11.1. The predicted octanol–water partition coefficient (Wildman–Crippen LogP) is 2.97. The van der Waals surface area contributed by atoms with Gasteiger partial charge in [-0.1, -0.05) is 30.3 Å². The van der Waals surface area contributed by atoms with Gasteiger partial charge in [0.05, 0.1) is 25.9 Å². The summed E-state index contributed by atoms with van der Waals surface area (Å²) in [7, 11) is 2.98. The fraction of sp³-hybridized carbons (Fsp3) is 0.294. The van der Waals surface area contributed by atoms with Crippen LogP contribution in [0.3, 0.4) is 0 Å². The molecule has 0 fully saturated rings. The summed E-state index contributed by atoms with van der Waals surface area (Å²) in [6.07, 6.45) is -0.794. The Morgan fingerprint density at radius 3 is 2.50 bits per heavy atom. The number of hydrogen-bond acceptors (Lipinski definition) is 5. The monoisotopic (exact) mass is 302 g/mol. The van der Waals surface area contributed by atoms with E-state index >= 15 is 0 Å². The van der Waals surface area contributed by atoms with E-state index in [0.717, 1.165) is 5.56 Å². The molecular formula is C17H18O5. The molecule has 0 bridgehead atoms. The number of aliphatic hydroxyl groups is 1. The van der Waals surface area contributed by atoms with Crippen LogP contribution in [-0.4, -0.2) is 24.4 Å². The van der Waals surface area contributed by atoms with Gasteiger partial charge in [0.2, 0.25) is 5.75 Å². The van der Waals surface area contributed by atoms with Crippen LogP contribution in [0.25, 0.3) is 0 Å². The van der Waals surface area contributed by atoms with Crippen molar-refractivity contribution >= 4 is 0 Å². The Balaban J connectivity index is 2.09. The average Bonchev–Trinajstić information content (AvgIpc) is 2.54. The lowest BCUT2D eigenvalue weighted by Crippen LogP contribution is -2.20. The molecule has 0 unspecified atom stereocenters. The van der Waals surface area contributed by atoms with Crippen molar-refractivity contribution in [3.05, 3.63) is 47.5 Å². The second-order valence-electron chi connectivity index (χ2n) is 5.14. The number of hydrogen-bond donors (Lipinski definition) is 2. The summed E-state index contributed by atoms with van der Waals surface area (Å²) in [5, 5.41) is 20.6. The molecule has 0 radical (unpaired) electrons. The molecule has 0 aromatic heterocycles. The number of aromatic hydroxyl groups is 1. The van der Waals surface area contributed by atoms with Crippen molar-refractivity contribution in [3.63, 3.8) is 0 Å². The molecule has 5 heteroatoms. The highest BCUT2D eigenvalue weighted by Crippen LogP contribution is 2.53. The minimum absolute atomic E-state index is 0.0633. The van der Waals surface area contributed by atoms with Crippen LogP contribution in [0.2, 0.25) is 0 Å². The normalized spacial score (nSPS) is 20.0. The summed E-state index contributed by atoms with van der Waals surface area (Å²) in [6.45, 7) is 0. The molecule has 0 saturated heterocycles. The quantitative estimate of drug-likeness (QED) is 0.912. The molecule has 2 N–H and O–H groups in total. The molecule has 5 nitrogen and oxygen atoms in total. The van der Waals surface area contributed by atoms with E-state index in [4.69, 9.17) is 14.2 Å². The van der Waals surface area contributed by atoms with E-state index in [9.17, 15) is 10.2 Å². The smallest absolute Gasteiger partial charge is 0.204 e. The molecule has 1 aliphatic heterocycles. The molecule has 0 saturated carbocycles. The second-order valence-corrected chi connectivity index (χ2v) is 5.14. The molecule has 2 aromatic carbocycles. The van der Waals surface area contributed by atoms with Crippen LogP contribution < -0.4 is 14.2 Å². The zero-order valence-electron chi connectivity index (χ0n) is 12.4. The van der Waals surface area contributed by atoms with Gasteiger partial charge < -0.3 is 24.4 Å². The zero-order valence-corrected chi connectivity index (χ0v) is 12.4. The number of fused-ring (bicyclic) bond motifs is 1. The van der Waals surface area contributed by atoms with Crippen LogP contribution in [0.15, 0.2) is 36.4 Å². The van der Waals surface area contributed by atoms with E-state index in [0.29, 0.717) is 29.2 Å². The molecule has 0 amide bonds.